The average Bonchev–Trinajstić information content (AvgIpc) is 2.56. The molecule has 0 radical (unpaired) electrons. The number of benzene rings is 1. The van der Waals surface area contributed by atoms with Crippen molar-refractivity contribution in [1.82, 2.24) is 15.1 Å². The van der Waals surface area contributed by atoms with E-state index in [1.54, 1.807) is 4.90 Å². The Morgan fingerprint density at radius 1 is 1.26 bits per heavy atom. The summed E-state index contributed by atoms with van der Waals surface area (Å²) in [5.74, 6) is -0.181. The highest BCUT2D eigenvalue weighted by atomic mass is 16.2. The Bertz CT molecular complexity index is 581. The van der Waals surface area contributed by atoms with Crippen molar-refractivity contribution in [1.29, 1.82) is 5.26 Å². The van der Waals surface area contributed by atoms with Crippen molar-refractivity contribution in [2.24, 2.45) is 0 Å². The summed E-state index contributed by atoms with van der Waals surface area (Å²) in [4.78, 5) is 16.5. The smallest absolute Gasteiger partial charge is 0.266 e. The van der Waals surface area contributed by atoms with Gasteiger partial charge in [-0.05, 0) is 19.4 Å². The van der Waals surface area contributed by atoms with Crippen molar-refractivity contribution in [2.75, 3.05) is 26.2 Å². The number of nitriles is 1. The van der Waals surface area contributed by atoms with E-state index in [1.165, 1.54) is 11.8 Å². The van der Waals surface area contributed by atoms with Gasteiger partial charge in [0.2, 0.25) is 0 Å². The lowest BCUT2D eigenvalue weighted by molar-refractivity contribution is -0.128. The van der Waals surface area contributed by atoms with Gasteiger partial charge in [0.05, 0.1) is 0 Å². The van der Waals surface area contributed by atoms with E-state index in [4.69, 9.17) is 0 Å². The number of hydrogen-bond acceptors (Lipinski definition) is 4. The highest BCUT2D eigenvalue weighted by Gasteiger charge is 2.23. The number of piperazine rings is 1. The van der Waals surface area contributed by atoms with E-state index >= 15 is 0 Å². The molecule has 1 amide bonds. The molecule has 1 N–H and O–H groups in total. The van der Waals surface area contributed by atoms with Crippen LogP contribution in [-0.4, -0.2) is 47.9 Å². The maximum Gasteiger partial charge on any atom is 0.266 e. The second-order valence-corrected chi connectivity index (χ2v) is 6.05. The minimum Gasteiger partial charge on any atom is -0.387 e. The minimum absolute atomic E-state index is 0.176. The summed E-state index contributed by atoms with van der Waals surface area (Å²) in [6.45, 7) is 7.82. The van der Waals surface area contributed by atoms with Crippen molar-refractivity contribution in [3.8, 4) is 6.07 Å². The normalized spacial score (nSPS) is 16.3. The van der Waals surface area contributed by atoms with Crippen LogP contribution in [0.15, 0.2) is 42.1 Å². The molecule has 1 aliphatic heterocycles. The van der Waals surface area contributed by atoms with Crippen molar-refractivity contribution >= 4 is 5.91 Å². The van der Waals surface area contributed by atoms with Gasteiger partial charge in [0.25, 0.3) is 5.91 Å². The highest BCUT2D eigenvalue weighted by Crippen LogP contribution is 2.10. The van der Waals surface area contributed by atoms with Gasteiger partial charge < -0.3 is 10.2 Å². The van der Waals surface area contributed by atoms with Gasteiger partial charge in [-0.25, -0.2) is 0 Å². The number of carbonyl (C=O) groups excluding carboxylic acids is 1. The monoisotopic (exact) mass is 312 g/mol. The topological polar surface area (TPSA) is 59.4 Å². The van der Waals surface area contributed by atoms with Crippen LogP contribution in [0.2, 0.25) is 0 Å². The second kappa shape index (κ2) is 8.35. The van der Waals surface area contributed by atoms with Crippen LogP contribution in [0.3, 0.4) is 0 Å². The Morgan fingerprint density at radius 3 is 2.48 bits per heavy atom. The van der Waals surface area contributed by atoms with Gasteiger partial charge in [0.15, 0.2) is 0 Å². The fourth-order valence-corrected chi connectivity index (χ4v) is 2.51. The van der Waals surface area contributed by atoms with E-state index < -0.39 is 0 Å². The van der Waals surface area contributed by atoms with Gasteiger partial charge in [0, 0.05) is 45.0 Å². The molecule has 0 saturated carbocycles. The predicted octanol–water partition coefficient (Wildman–Crippen LogP) is 1.74. The summed E-state index contributed by atoms with van der Waals surface area (Å²) < 4.78 is 0. The fraction of sp³-hybridized carbons (Fsp3) is 0.444. The Kier molecular flexibility index (Phi) is 6.19. The summed E-state index contributed by atoms with van der Waals surface area (Å²) in [5.41, 5.74) is 1.46. The summed E-state index contributed by atoms with van der Waals surface area (Å²) in [5, 5.41) is 12.2. The lowest BCUT2D eigenvalue weighted by atomic mass is 10.2. The molecule has 1 aliphatic rings. The van der Waals surface area contributed by atoms with E-state index in [0.29, 0.717) is 13.1 Å². The second-order valence-electron chi connectivity index (χ2n) is 6.05. The van der Waals surface area contributed by atoms with Gasteiger partial charge >= 0.3 is 0 Å². The molecule has 5 heteroatoms. The van der Waals surface area contributed by atoms with Crippen LogP contribution in [0.25, 0.3) is 0 Å². The van der Waals surface area contributed by atoms with Crippen LogP contribution in [0.5, 0.6) is 0 Å². The maximum atomic E-state index is 12.4. The molecule has 1 aromatic carbocycles. The molecule has 0 aliphatic carbocycles. The molecule has 1 saturated heterocycles. The number of rotatable bonds is 5. The van der Waals surface area contributed by atoms with Gasteiger partial charge in [-0.3, -0.25) is 9.69 Å². The van der Waals surface area contributed by atoms with Crippen LogP contribution in [-0.2, 0) is 11.3 Å². The minimum atomic E-state index is -0.181. The predicted molar refractivity (Wildman–Crippen MR) is 90.3 cm³/mol. The number of amides is 1. The molecule has 23 heavy (non-hydrogen) atoms. The standard InChI is InChI=1S/C18H24N4O/c1-15(2)20-13-17(12-19)18(23)22-10-8-21(9-11-22)14-16-6-4-3-5-7-16/h3-7,13,15,20H,8-11,14H2,1-2H3/b17-13-. The molecule has 0 bridgehead atoms. The molecule has 1 fully saturated rings. The first kappa shape index (κ1) is 17.0. The summed E-state index contributed by atoms with van der Waals surface area (Å²) in [7, 11) is 0. The molecule has 0 atom stereocenters. The van der Waals surface area contributed by atoms with Crippen molar-refractivity contribution < 1.29 is 4.79 Å². The van der Waals surface area contributed by atoms with Gasteiger partial charge in [-0.15, -0.1) is 0 Å². The van der Waals surface area contributed by atoms with Crippen LogP contribution < -0.4 is 5.32 Å². The lowest BCUT2D eigenvalue weighted by Gasteiger charge is -2.34. The van der Waals surface area contributed by atoms with Crippen LogP contribution in [0.1, 0.15) is 19.4 Å². The molecule has 122 valence electrons. The zero-order valence-corrected chi connectivity index (χ0v) is 13.8. The Morgan fingerprint density at radius 2 is 1.91 bits per heavy atom. The third-order valence-corrected chi connectivity index (χ3v) is 3.82. The van der Waals surface area contributed by atoms with E-state index in [0.717, 1.165) is 19.6 Å². The molecular formula is C18H24N4O. The number of hydrogen-bond donors (Lipinski definition) is 1. The van der Waals surface area contributed by atoms with E-state index in [-0.39, 0.29) is 17.5 Å². The summed E-state index contributed by atoms with van der Waals surface area (Å²) in [6, 6.07) is 12.5. The Balaban J connectivity index is 1.87. The van der Waals surface area contributed by atoms with Crippen LogP contribution in [0, 0.1) is 11.3 Å². The van der Waals surface area contributed by atoms with Gasteiger partial charge in [-0.1, -0.05) is 30.3 Å². The Labute approximate surface area is 138 Å². The molecule has 1 heterocycles. The van der Waals surface area contributed by atoms with Crippen LogP contribution >= 0.6 is 0 Å². The third-order valence-electron chi connectivity index (χ3n) is 3.82. The molecular weight excluding hydrogens is 288 g/mol. The third kappa shape index (κ3) is 5.11. The quantitative estimate of drug-likeness (QED) is 0.664. The SMILES string of the molecule is CC(C)N/C=C(/C#N)C(=O)N1CCN(Cc2ccccc2)CC1. The Hall–Kier alpha value is -2.32. The van der Waals surface area contributed by atoms with Crippen LogP contribution in [0.4, 0.5) is 0 Å². The molecule has 0 spiro atoms. The maximum absolute atomic E-state index is 12.4. The van der Waals surface area contributed by atoms with Crippen molar-refractivity contribution in [2.45, 2.75) is 26.4 Å². The number of carbonyl (C=O) groups is 1. The van der Waals surface area contributed by atoms with Gasteiger partial charge in [0.1, 0.15) is 11.6 Å². The molecule has 5 nitrogen and oxygen atoms in total. The highest BCUT2D eigenvalue weighted by molar-refractivity contribution is 5.97. The first-order chi connectivity index (χ1) is 11.1. The largest absolute Gasteiger partial charge is 0.387 e. The van der Waals surface area contributed by atoms with Crippen molar-refractivity contribution in [3.05, 3.63) is 47.7 Å². The number of nitrogens with zero attached hydrogens (tertiary/aromatic N) is 3. The average molecular weight is 312 g/mol. The fourth-order valence-electron chi connectivity index (χ4n) is 2.51. The summed E-state index contributed by atoms with van der Waals surface area (Å²) >= 11 is 0. The summed E-state index contributed by atoms with van der Waals surface area (Å²) in [6.07, 6.45) is 1.53. The van der Waals surface area contributed by atoms with E-state index in [1.807, 2.05) is 38.1 Å². The van der Waals surface area contributed by atoms with E-state index in [2.05, 4.69) is 22.3 Å². The molecule has 0 unspecified atom stereocenters. The van der Waals surface area contributed by atoms with Gasteiger partial charge in [-0.2, -0.15) is 5.26 Å². The van der Waals surface area contributed by atoms with Crippen molar-refractivity contribution in [3.63, 3.8) is 0 Å². The molecule has 0 aromatic heterocycles. The number of nitrogens with one attached hydrogen (secondary N) is 1. The molecule has 2 rings (SSSR count). The first-order valence-electron chi connectivity index (χ1n) is 8.02. The zero-order chi connectivity index (χ0) is 16.7. The first-order valence-corrected chi connectivity index (χ1v) is 8.02. The molecule has 1 aromatic rings. The lowest BCUT2D eigenvalue weighted by Crippen LogP contribution is -2.48. The van der Waals surface area contributed by atoms with E-state index in [9.17, 15) is 10.1 Å². The zero-order valence-electron chi connectivity index (χ0n) is 13.8.